The van der Waals surface area contributed by atoms with Crippen LogP contribution in [0, 0.1) is 18.8 Å². The number of aryl methyl sites for hydroxylation is 3. The highest BCUT2D eigenvalue weighted by Gasteiger charge is 2.05. The fourth-order valence-corrected chi connectivity index (χ4v) is 2.68. The van der Waals surface area contributed by atoms with Crippen LogP contribution in [0.4, 0.5) is 4.79 Å². The van der Waals surface area contributed by atoms with E-state index in [1.165, 1.54) is 16.7 Å². The van der Waals surface area contributed by atoms with Crippen molar-refractivity contribution < 1.29 is 9.53 Å². The molecule has 0 heterocycles. The molecule has 130 valence electrons. The Labute approximate surface area is 150 Å². The van der Waals surface area contributed by atoms with E-state index >= 15 is 0 Å². The number of hydrogen-bond acceptors (Lipinski definition) is 2. The van der Waals surface area contributed by atoms with Crippen molar-refractivity contribution in [3.8, 4) is 11.8 Å². The van der Waals surface area contributed by atoms with Gasteiger partial charge >= 0.3 is 6.09 Å². The van der Waals surface area contributed by atoms with Crippen molar-refractivity contribution in [1.82, 2.24) is 5.32 Å². The fourth-order valence-electron chi connectivity index (χ4n) is 2.68. The van der Waals surface area contributed by atoms with Crippen molar-refractivity contribution in [3.05, 3.63) is 70.3 Å². The molecule has 0 unspecified atom stereocenters. The van der Waals surface area contributed by atoms with Gasteiger partial charge in [0.15, 0.2) is 0 Å². The predicted molar refractivity (Wildman–Crippen MR) is 101 cm³/mol. The molecule has 0 aliphatic rings. The zero-order valence-corrected chi connectivity index (χ0v) is 15.2. The number of carbonyl (C=O) groups excluding carboxylic acids is 1. The minimum absolute atomic E-state index is 0.262. The molecular formula is C22H25NO2. The van der Waals surface area contributed by atoms with Crippen LogP contribution in [0.2, 0.25) is 0 Å². The van der Waals surface area contributed by atoms with Crippen molar-refractivity contribution in [2.45, 2.75) is 40.2 Å². The summed E-state index contributed by atoms with van der Waals surface area (Å²) in [5.74, 6) is 6.26. The van der Waals surface area contributed by atoms with Gasteiger partial charge < -0.3 is 10.1 Å². The van der Waals surface area contributed by atoms with Crippen LogP contribution < -0.4 is 5.32 Å². The number of rotatable bonds is 5. The van der Waals surface area contributed by atoms with Crippen molar-refractivity contribution in [2.24, 2.45) is 0 Å². The first-order valence-corrected chi connectivity index (χ1v) is 8.69. The van der Waals surface area contributed by atoms with Gasteiger partial charge in [-0.15, -0.1) is 0 Å². The molecule has 0 aromatic heterocycles. The first-order valence-electron chi connectivity index (χ1n) is 8.69. The van der Waals surface area contributed by atoms with Crippen LogP contribution in [0.5, 0.6) is 0 Å². The quantitative estimate of drug-likeness (QED) is 0.823. The molecule has 0 aliphatic heterocycles. The Kier molecular flexibility index (Phi) is 7.10. The van der Waals surface area contributed by atoms with Crippen molar-refractivity contribution in [1.29, 1.82) is 0 Å². The van der Waals surface area contributed by atoms with E-state index in [1.807, 2.05) is 30.3 Å². The maximum absolute atomic E-state index is 11.7. The highest BCUT2D eigenvalue weighted by molar-refractivity contribution is 5.67. The Morgan fingerprint density at radius 2 is 1.72 bits per heavy atom. The van der Waals surface area contributed by atoms with Crippen LogP contribution in [0.15, 0.2) is 42.5 Å². The second-order valence-corrected chi connectivity index (χ2v) is 5.88. The molecule has 0 radical (unpaired) electrons. The molecule has 0 aliphatic carbocycles. The van der Waals surface area contributed by atoms with E-state index in [-0.39, 0.29) is 13.2 Å². The maximum Gasteiger partial charge on any atom is 0.408 e. The molecule has 0 spiro atoms. The average molecular weight is 335 g/mol. The maximum atomic E-state index is 11.7. The third-order valence-electron chi connectivity index (χ3n) is 3.96. The van der Waals surface area contributed by atoms with Crippen LogP contribution >= 0.6 is 0 Å². The number of hydrogen-bond donors (Lipinski definition) is 1. The predicted octanol–water partition coefficient (Wildman–Crippen LogP) is 4.40. The van der Waals surface area contributed by atoms with Gasteiger partial charge in [-0.25, -0.2) is 4.79 Å². The van der Waals surface area contributed by atoms with E-state index in [1.54, 1.807) is 0 Å². The van der Waals surface area contributed by atoms with Gasteiger partial charge in [-0.3, -0.25) is 0 Å². The normalized spacial score (nSPS) is 9.88. The Bertz CT molecular complexity index is 745. The second-order valence-electron chi connectivity index (χ2n) is 5.88. The Balaban J connectivity index is 1.91. The van der Waals surface area contributed by atoms with Crippen molar-refractivity contribution in [3.63, 3.8) is 0 Å². The lowest BCUT2D eigenvalue weighted by Crippen LogP contribution is -2.24. The number of alkyl carbamates (subject to hydrolysis) is 1. The summed E-state index contributed by atoms with van der Waals surface area (Å²) >= 11 is 0. The third kappa shape index (κ3) is 5.69. The van der Waals surface area contributed by atoms with Gasteiger partial charge in [-0.2, -0.15) is 0 Å². The van der Waals surface area contributed by atoms with Gasteiger partial charge in [-0.05, 0) is 36.5 Å². The lowest BCUT2D eigenvalue weighted by Gasteiger charge is -2.09. The zero-order valence-electron chi connectivity index (χ0n) is 15.2. The van der Waals surface area contributed by atoms with Gasteiger partial charge in [-0.1, -0.05) is 73.7 Å². The van der Waals surface area contributed by atoms with Crippen LogP contribution in [0.1, 0.15) is 41.7 Å². The molecule has 3 nitrogen and oxygen atoms in total. The topological polar surface area (TPSA) is 38.3 Å². The van der Waals surface area contributed by atoms with E-state index < -0.39 is 6.09 Å². The Morgan fingerprint density at radius 1 is 1.08 bits per heavy atom. The monoisotopic (exact) mass is 335 g/mol. The lowest BCUT2D eigenvalue weighted by molar-refractivity contribution is 0.141. The van der Waals surface area contributed by atoms with E-state index in [0.717, 1.165) is 24.0 Å². The van der Waals surface area contributed by atoms with E-state index in [4.69, 9.17) is 4.74 Å². The largest absolute Gasteiger partial charge is 0.445 e. The summed E-state index contributed by atoms with van der Waals surface area (Å²) in [6.07, 6.45) is 1.45. The molecule has 1 amide bonds. The zero-order chi connectivity index (χ0) is 18.1. The fraction of sp³-hybridized carbons (Fsp3) is 0.318. The van der Waals surface area contributed by atoms with Gasteiger partial charge in [0.05, 0.1) is 6.54 Å². The standard InChI is InChI=1S/C22H25NO2/c1-4-19-14-17(3)15-20(5-2)21(19)12-9-13-23-22(24)25-16-18-10-7-6-8-11-18/h6-8,10-11,14-15H,4-5,13,16H2,1-3H3,(H,23,24). The highest BCUT2D eigenvalue weighted by Crippen LogP contribution is 2.18. The molecule has 3 heteroatoms. The summed E-state index contributed by atoms with van der Waals surface area (Å²) in [6, 6.07) is 14.0. The molecule has 2 rings (SSSR count). The summed E-state index contributed by atoms with van der Waals surface area (Å²) in [7, 11) is 0. The summed E-state index contributed by atoms with van der Waals surface area (Å²) in [5.41, 5.74) is 5.84. The summed E-state index contributed by atoms with van der Waals surface area (Å²) in [5, 5.41) is 2.67. The second kappa shape index (κ2) is 9.54. The first-order chi connectivity index (χ1) is 12.1. The van der Waals surface area contributed by atoms with Gasteiger partial charge in [0.2, 0.25) is 0 Å². The van der Waals surface area contributed by atoms with Crippen molar-refractivity contribution in [2.75, 3.05) is 6.54 Å². The van der Waals surface area contributed by atoms with Gasteiger partial charge in [0.25, 0.3) is 0 Å². The molecule has 0 saturated heterocycles. The number of amides is 1. The van der Waals surface area contributed by atoms with E-state index in [2.05, 4.69) is 50.1 Å². The number of ether oxygens (including phenoxy) is 1. The molecule has 2 aromatic rings. The minimum atomic E-state index is -0.450. The number of benzene rings is 2. The molecule has 0 bridgehead atoms. The Hall–Kier alpha value is -2.73. The summed E-state index contributed by atoms with van der Waals surface area (Å²) in [6.45, 7) is 6.92. The third-order valence-corrected chi connectivity index (χ3v) is 3.96. The van der Waals surface area contributed by atoms with Crippen molar-refractivity contribution >= 4 is 6.09 Å². The summed E-state index contributed by atoms with van der Waals surface area (Å²) < 4.78 is 5.17. The smallest absolute Gasteiger partial charge is 0.408 e. The van der Waals surface area contributed by atoms with Crippen LogP contribution in [0.3, 0.4) is 0 Å². The molecule has 25 heavy (non-hydrogen) atoms. The average Bonchev–Trinajstić information content (AvgIpc) is 2.64. The lowest BCUT2D eigenvalue weighted by atomic mass is 9.95. The summed E-state index contributed by atoms with van der Waals surface area (Å²) in [4.78, 5) is 11.7. The highest BCUT2D eigenvalue weighted by atomic mass is 16.5. The van der Waals surface area contributed by atoms with Crippen LogP contribution in [-0.4, -0.2) is 12.6 Å². The van der Waals surface area contributed by atoms with Crippen LogP contribution in [-0.2, 0) is 24.2 Å². The Morgan fingerprint density at radius 3 is 2.32 bits per heavy atom. The van der Waals surface area contributed by atoms with Gasteiger partial charge in [0, 0.05) is 5.56 Å². The molecule has 0 saturated carbocycles. The molecule has 2 aromatic carbocycles. The van der Waals surface area contributed by atoms with Gasteiger partial charge in [0.1, 0.15) is 6.61 Å². The van der Waals surface area contributed by atoms with Crippen LogP contribution in [0.25, 0.3) is 0 Å². The van der Waals surface area contributed by atoms with E-state index in [9.17, 15) is 4.79 Å². The SMILES string of the molecule is CCc1cc(C)cc(CC)c1C#CCNC(=O)OCc1ccccc1. The molecule has 0 atom stereocenters. The number of carbonyl (C=O) groups is 1. The molecular weight excluding hydrogens is 310 g/mol. The first kappa shape index (κ1) is 18.6. The van der Waals surface area contributed by atoms with E-state index in [0.29, 0.717) is 0 Å². The molecule has 1 N–H and O–H groups in total. The minimum Gasteiger partial charge on any atom is -0.445 e. The molecule has 0 fully saturated rings. The number of nitrogens with one attached hydrogen (secondary N) is 1.